The largest absolute Gasteiger partial charge is 0.461 e. The zero-order chi connectivity index (χ0) is 8.15. The third-order valence-electron chi connectivity index (χ3n) is 1.12. The molecule has 68 valence electrons. The Morgan fingerprint density at radius 2 is 1.91 bits per heavy atom. The fraction of sp³-hybridized carbons (Fsp3) is 0.857. The first-order valence-corrected chi connectivity index (χ1v) is 3.48. The molecule has 3 nitrogen and oxygen atoms in total. The Labute approximate surface area is 73.7 Å². The van der Waals surface area contributed by atoms with Gasteiger partial charge < -0.3 is 10.5 Å². The molecule has 0 amide bonds. The summed E-state index contributed by atoms with van der Waals surface area (Å²) in [5, 5.41) is 0. The van der Waals surface area contributed by atoms with Gasteiger partial charge >= 0.3 is 5.97 Å². The topological polar surface area (TPSA) is 52.3 Å². The fourth-order valence-electron chi connectivity index (χ4n) is 0.382. The second kappa shape index (κ2) is 6.43. The summed E-state index contributed by atoms with van der Waals surface area (Å²) < 4.78 is 4.90. The van der Waals surface area contributed by atoms with E-state index in [1.54, 1.807) is 20.8 Å². The lowest BCUT2D eigenvalue weighted by Gasteiger charge is -2.11. The van der Waals surface area contributed by atoms with E-state index in [0.29, 0.717) is 6.54 Å². The maximum atomic E-state index is 10.8. The van der Waals surface area contributed by atoms with Crippen LogP contribution in [0.5, 0.6) is 0 Å². The van der Waals surface area contributed by atoms with Crippen molar-refractivity contribution in [1.82, 2.24) is 0 Å². The highest BCUT2D eigenvalue weighted by Crippen LogP contribution is 1.98. The van der Waals surface area contributed by atoms with Gasteiger partial charge in [-0.1, -0.05) is 13.8 Å². The van der Waals surface area contributed by atoms with Crippen LogP contribution in [0.15, 0.2) is 0 Å². The molecule has 11 heavy (non-hydrogen) atoms. The number of esters is 1. The predicted octanol–water partition coefficient (Wildman–Crippen LogP) is 0.955. The van der Waals surface area contributed by atoms with E-state index in [0.717, 1.165) is 0 Å². The third-order valence-corrected chi connectivity index (χ3v) is 1.12. The van der Waals surface area contributed by atoms with Crippen molar-refractivity contribution in [3.8, 4) is 0 Å². The smallest absolute Gasteiger partial charge is 0.308 e. The maximum Gasteiger partial charge on any atom is 0.308 e. The van der Waals surface area contributed by atoms with E-state index in [-0.39, 0.29) is 30.4 Å². The van der Waals surface area contributed by atoms with Crippen molar-refractivity contribution in [3.63, 3.8) is 0 Å². The Morgan fingerprint density at radius 3 is 2.18 bits per heavy atom. The molecule has 0 bridgehead atoms. The fourth-order valence-corrected chi connectivity index (χ4v) is 0.382. The molecule has 0 unspecified atom stereocenters. The molecule has 1 atom stereocenters. The first-order valence-electron chi connectivity index (χ1n) is 3.48. The van der Waals surface area contributed by atoms with Gasteiger partial charge in [-0.2, -0.15) is 0 Å². The number of hydrogen-bond donors (Lipinski definition) is 1. The molecular weight excluding hydrogens is 166 g/mol. The van der Waals surface area contributed by atoms with Crippen molar-refractivity contribution in [2.75, 3.05) is 6.54 Å². The van der Waals surface area contributed by atoms with Crippen molar-refractivity contribution < 1.29 is 9.53 Å². The van der Waals surface area contributed by atoms with Gasteiger partial charge in [0.1, 0.15) is 6.10 Å². The lowest BCUT2D eigenvalue weighted by Crippen LogP contribution is -2.25. The van der Waals surface area contributed by atoms with E-state index in [2.05, 4.69) is 0 Å². The number of rotatable bonds is 3. The van der Waals surface area contributed by atoms with E-state index in [9.17, 15) is 4.79 Å². The van der Waals surface area contributed by atoms with Crippen molar-refractivity contribution in [3.05, 3.63) is 0 Å². The van der Waals surface area contributed by atoms with Gasteiger partial charge in [0.05, 0.1) is 5.92 Å². The van der Waals surface area contributed by atoms with Crippen LogP contribution in [-0.2, 0) is 9.53 Å². The number of carbonyl (C=O) groups excluding carboxylic acids is 1. The Hall–Kier alpha value is -0.280. The van der Waals surface area contributed by atoms with Gasteiger partial charge in [-0.25, -0.2) is 0 Å². The van der Waals surface area contributed by atoms with Crippen LogP contribution < -0.4 is 5.73 Å². The van der Waals surface area contributed by atoms with E-state index in [4.69, 9.17) is 10.5 Å². The molecule has 0 rings (SSSR count). The Morgan fingerprint density at radius 1 is 1.45 bits per heavy atom. The Bertz CT molecular complexity index is 117. The summed E-state index contributed by atoms with van der Waals surface area (Å²) in [6.07, 6.45) is -0.158. The molecule has 0 radical (unpaired) electrons. The Balaban J connectivity index is 0. The summed E-state index contributed by atoms with van der Waals surface area (Å²) in [5.74, 6) is -0.244. The van der Waals surface area contributed by atoms with Crippen LogP contribution in [0.4, 0.5) is 0 Å². The summed E-state index contributed by atoms with van der Waals surface area (Å²) in [7, 11) is 0. The number of carbonyl (C=O) groups is 1. The van der Waals surface area contributed by atoms with E-state index < -0.39 is 0 Å². The van der Waals surface area contributed by atoms with E-state index >= 15 is 0 Å². The summed E-state index contributed by atoms with van der Waals surface area (Å²) in [6, 6.07) is 0. The van der Waals surface area contributed by atoms with Gasteiger partial charge in [0.15, 0.2) is 0 Å². The van der Waals surface area contributed by atoms with Crippen molar-refractivity contribution in [2.45, 2.75) is 26.9 Å². The van der Waals surface area contributed by atoms with Gasteiger partial charge in [0.2, 0.25) is 0 Å². The standard InChI is InChI=1S/C7H15NO2.ClH/c1-5(2)7(9)10-6(3)4-8;/h5-6H,4,8H2,1-3H3;1H/t6-;/m0./s1. The van der Waals surface area contributed by atoms with Crippen molar-refractivity contribution in [1.29, 1.82) is 0 Å². The van der Waals surface area contributed by atoms with Gasteiger partial charge in [-0.15, -0.1) is 12.4 Å². The van der Waals surface area contributed by atoms with Gasteiger partial charge in [0.25, 0.3) is 0 Å². The second-order valence-corrected chi connectivity index (χ2v) is 2.64. The highest BCUT2D eigenvalue weighted by molar-refractivity contribution is 5.85. The number of nitrogens with two attached hydrogens (primary N) is 1. The van der Waals surface area contributed by atoms with E-state index in [1.807, 2.05) is 0 Å². The average molecular weight is 182 g/mol. The van der Waals surface area contributed by atoms with Crippen LogP contribution in [-0.4, -0.2) is 18.6 Å². The maximum absolute atomic E-state index is 10.8. The van der Waals surface area contributed by atoms with Crippen molar-refractivity contribution >= 4 is 18.4 Å². The van der Waals surface area contributed by atoms with Crippen LogP contribution >= 0.6 is 12.4 Å². The minimum Gasteiger partial charge on any atom is -0.461 e. The van der Waals surface area contributed by atoms with Crippen LogP contribution in [0.3, 0.4) is 0 Å². The molecule has 0 aromatic heterocycles. The molecule has 0 spiro atoms. The molecular formula is C7H16ClNO2. The average Bonchev–Trinajstić information content (AvgIpc) is 1.87. The monoisotopic (exact) mass is 181 g/mol. The normalized spacial score (nSPS) is 12.1. The molecule has 0 saturated carbocycles. The first kappa shape index (κ1) is 13.3. The molecule has 0 aromatic rings. The summed E-state index contributed by atoms with van der Waals surface area (Å²) in [6.45, 7) is 5.76. The highest BCUT2D eigenvalue weighted by atomic mass is 35.5. The summed E-state index contributed by atoms with van der Waals surface area (Å²) in [5.41, 5.74) is 5.24. The lowest BCUT2D eigenvalue weighted by atomic mass is 10.2. The van der Waals surface area contributed by atoms with Crippen LogP contribution in [0.1, 0.15) is 20.8 Å². The zero-order valence-electron chi connectivity index (χ0n) is 7.16. The number of halogens is 1. The Kier molecular flexibility index (Phi) is 7.79. The van der Waals surface area contributed by atoms with Gasteiger partial charge in [0, 0.05) is 6.54 Å². The zero-order valence-corrected chi connectivity index (χ0v) is 7.98. The molecule has 0 fully saturated rings. The molecule has 0 heterocycles. The summed E-state index contributed by atoms with van der Waals surface area (Å²) >= 11 is 0. The van der Waals surface area contributed by atoms with Crippen molar-refractivity contribution in [2.24, 2.45) is 11.7 Å². The minimum atomic E-state index is -0.182. The molecule has 0 aliphatic carbocycles. The van der Waals surface area contributed by atoms with Crippen LogP contribution in [0.2, 0.25) is 0 Å². The van der Waals surface area contributed by atoms with Crippen LogP contribution in [0.25, 0.3) is 0 Å². The lowest BCUT2D eigenvalue weighted by molar-refractivity contribution is -0.151. The first-order chi connectivity index (χ1) is 4.57. The molecule has 4 heteroatoms. The number of ether oxygens (including phenoxy) is 1. The van der Waals surface area contributed by atoms with Crippen LogP contribution in [0, 0.1) is 5.92 Å². The van der Waals surface area contributed by atoms with Gasteiger partial charge in [-0.3, -0.25) is 4.79 Å². The summed E-state index contributed by atoms with van der Waals surface area (Å²) in [4.78, 5) is 10.8. The predicted molar refractivity (Wildman–Crippen MR) is 46.7 cm³/mol. The van der Waals surface area contributed by atoms with E-state index in [1.165, 1.54) is 0 Å². The SMILES string of the molecule is CC(C)C(=O)O[C@@H](C)CN.Cl. The molecule has 0 saturated heterocycles. The molecule has 2 N–H and O–H groups in total. The third kappa shape index (κ3) is 6.13. The van der Waals surface area contributed by atoms with Gasteiger partial charge in [-0.05, 0) is 6.92 Å². The molecule has 0 aromatic carbocycles. The quantitative estimate of drug-likeness (QED) is 0.660. The second-order valence-electron chi connectivity index (χ2n) is 2.64. The minimum absolute atomic E-state index is 0. The molecule has 0 aliphatic rings. The molecule has 0 aliphatic heterocycles. The highest BCUT2D eigenvalue weighted by Gasteiger charge is 2.10. The number of hydrogen-bond acceptors (Lipinski definition) is 3.